The van der Waals surface area contributed by atoms with Crippen molar-refractivity contribution < 1.29 is 17.1 Å². The van der Waals surface area contributed by atoms with E-state index in [-0.39, 0.29) is 17.1 Å². The molecule has 2 atom stereocenters. The smallest absolute Gasteiger partial charge is 0 e. The largest absolute Gasteiger partial charge is 0.0683 e. The second kappa shape index (κ2) is 3.07. The summed E-state index contributed by atoms with van der Waals surface area (Å²) in [7, 11) is 0. The quantitative estimate of drug-likeness (QED) is 0.488. The van der Waals surface area contributed by atoms with Crippen LogP contribution in [0.2, 0.25) is 0 Å². The van der Waals surface area contributed by atoms with Gasteiger partial charge in [-0.2, -0.15) is 0 Å². The van der Waals surface area contributed by atoms with E-state index in [4.69, 9.17) is 0 Å². The molecule has 56 valence electrons. The van der Waals surface area contributed by atoms with E-state index in [1.807, 2.05) is 13.8 Å². The van der Waals surface area contributed by atoms with Gasteiger partial charge in [-0.3, -0.25) is 0 Å². The molecular weight excluding hydrogens is 152 g/mol. The predicted octanol–water partition coefficient (Wildman–Crippen LogP) is 2.83. The Morgan fingerprint density at radius 1 is 1.33 bits per heavy atom. The maximum atomic E-state index is 2.40. The maximum Gasteiger partial charge on any atom is 0 e. The van der Waals surface area contributed by atoms with Gasteiger partial charge < -0.3 is 0 Å². The minimum Gasteiger partial charge on any atom is -0.0683 e. The van der Waals surface area contributed by atoms with Crippen molar-refractivity contribution in [2.45, 2.75) is 40.0 Å². The van der Waals surface area contributed by atoms with Crippen LogP contribution in [0.25, 0.3) is 0 Å². The van der Waals surface area contributed by atoms with E-state index in [0.29, 0.717) is 0 Å². The van der Waals surface area contributed by atoms with Gasteiger partial charge >= 0.3 is 0 Å². The topological polar surface area (TPSA) is 0 Å². The van der Waals surface area contributed by atoms with Crippen LogP contribution in [0.3, 0.4) is 0 Å². The van der Waals surface area contributed by atoms with Crippen LogP contribution in [0.4, 0.5) is 0 Å². The molecule has 0 spiro atoms. The van der Waals surface area contributed by atoms with Gasteiger partial charge in [0.15, 0.2) is 0 Å². The summed E-state index contributed by atoms with van der Waals surface area (Å²) in [6.07, 6.45) is 4.61. The van der Waals surface area contributed by atoms with E-state index < -0.39 is 0 Å². The Morgan fingerprint density at radius 2 is 1.78 bits per heavy atom. The van der Waals surface area contributed by atoms with E-state index in [1.54, 1.807) is 6.42 Å². The number of rotatable bonds is 0. The minimum absolute atomic E-state index is 0. The molecule has 0 heterocycles. The normalized spacial score (nSPS) is 42.3. The first-order valence-electron chi connectivity index (χ1n) is 3.81. The summed E-state index contributed by atoms with van der Waals surface area (Å²) in [5.74, 6) is 1.18. The van der Waals surface area contributed by atoms with Crippen molar-refractivity contribution in [3.05, 3.63) is 0 Å². The fourth-order valence-corrected chi connectivity index (χ4v) is 1.55. The third kappa shape index (κ3) is 1.50. The molecule has 2 rings (SSSR count). The maximum absolute atomic E-state index is 2.40. The van der Waals surface area contributed by atoms with Crippen LogP contribution in [-0.2, 0) is 17.1 Å². The molecule has 0 saturated heterocycles. The van der Waals surface area contributed by atoms with Gasteiger partial charge in [-0.15, -0.1) is 0 Å². The molecule has 0 bridgehead atoms. The third-order valence-corrected chi connectivity index (χ3v) is 2.60. The average molecular weight is 168 g/mol. The third-order valence-electron chi connectivity index (χ3n) is 2.60. The van der Waals surface area contributed by atoms with Crippen molar-refractivity contribution in [3.8, 4) is 0 Å². The number of hydrogen-bond donors (Lipinski definition) is 0. The predicted molar refractivity (Wildman–Crippen MR) is 36.8 cm³/mol. The molecule has 0 aliphatic heterocycles. The molecule has 0 nitrogen and oxygen atoms in total. The Morgan fingerprint density at radius 3 is 1.78 bits per heavy atom. The van der Waals surface area contributed by atoms with Gasteiger partial charge in [0.25, 0.3) is 0 Å². The van der Waals surface area contributed by atoms with Crippen LogP contribution >= 0.6 is 0 Å². The van der Waals surface area contributed by atoms with Crippen molar-refractivity contribution in [1.82, 2.24) is 0 Å². The molecule has 2 saturated carbocycles. The van der Waals surface area contributed by atoms with Crippen LogP contribution in [0.15, 0.2) is 0 Å². The Labute approximate surface area is 68.9 Å². The van der Waals surface area contributed by atoms with Crippen LogP contribution in [0, 0.1) is 11.3 Å². The molecule has 9 heavy (non-hydrogen) atoms. The van der Waals surface area contributed by atoms with Crippen LogP contribution < -0.4 is 0 Å². The van der Waals surface area contributed by atoms with Gasteiger partial charge in [0.1, 0.15) is 0 Å². The summed E-state index contributed by atoms with van der Waals surface area (Å²) in [6, 6.07) is 0. The van der Waals surface area contributed by atoms with Crippen molar-refractivity contribution >= 4 is 0 Å². The Balaban J connectivity index is 0.000000198. The standard InChI is InChI=1S/C6H10.C2H6.Fe/c1-6-3-2-5(6)4-6;1-2;/h5H,2-4H2,1H3;1-2H3;. The molecular formula is C8H16Fe. The summed E-state index contributed by atoms with van der Waals surface area (Å²) in [6.45, 7) is 6.40. The van der Waals surface area contributed by atoms with Crippen molar-refractivity contribution in [1.29, 1.82) is 0 Å². The first-order valence-corrected chi connectivity index (χ1v) is 3.81. The van der Waals surface area contributed by atoms with Gasteiger partial charge in [0.05, 0.1) is 0 Å². The monoisotopic (exact) mass is 168 g/mol. The van der Waals surface area contributed by atoms with Crippen LogP contribution in [-0.4, -0.2) is 0 Å². The van der Waals surface area contributed by atoms with E-state index in [9.17, 15) is 0 Å². The zero-order chi connectivity index (χ0) is 6.20. The average Bonchev–Trinajstić information content (AvgIpc) is 2.24. The SMILES string of the molecule is CC.CC12CCC1C2.[Fe]. The molecule has 2 aliphatic rings. The van der Waals surface area contributed by atoms with Gasteiger partial charge in [-0.05, 0) is 30.6 Å². The fourth-order valence-electron chi connectivity index (χ4n) is 1.55. The summed E-state index contributed by atoms with van der Waals surface area (Å²) >= 11 is 0. The molecule has 0 aromatic heterocycles. The van der Waals surface area contributed by atoms with Gasteiger partial charge in [-0.1, -0.05) is 20.8 Å². The first-order chi connectivity index (χ1) is 3.81. The molecule has 2 unspecified atom stereocenters. The van der Waals surface area contributed by atoms with Gasteiger partial charge in [-0.25, -0.2) is 0 Å². The van der Waals surface area contributed by atoms with Crippen molar-refractivity contribution in [2.24, 2.45) is 11.3 Å². The summed E-state index contributed by atoms with van der Waals surface area (Å²) < 4.78 is 0. The van der Waals surface area contributed by atoms with E-state index >= 15 is 0 Å². The summed E-state index contributed by atoms with van der Waals surface area (Å²) in [5, 5.41) is 0. The van der Waals surface area contributed by atoms with E-state index in [1.165, 1.54) is 18.8 Å². The second-order valence-electron chi connectivity index (χ2n) is 3.09. The van der Waals surface area contributed by atoms with Crippen LogP contribution in [0.5, 0.6) is 0 Å². The summed E-state index contributed by atoms with van der Waals surface area (Å²) in [5.41, 5.74) is 0.889. The van der Waals surface area contributed by atoms with Crippen LogP contribution in [0.1, 0.15) is 40.0 Å². The van der Waals surface area contributed by atoms with Crippen molar-refractivity contribution in [2.75, 3.05) is 0 Å². The summed E-state index contributed by atoms with van der Waals surface area (Å²) in [4.78, 5) is 0. The molecule has 0 aromatic carbocycles. The Kier molecular flexibility index (Phi) is 3.25. The molecule has 0 N–H and O–H groups in total. The molecule has 2 aliphatic carbocycles. The van der Waals surface area contributed by atoms with Crippen molar-refractivity contribution in [3.63, 3.8) is 0 Å². The second-order valence-corrected chi connectivity index (χ2v) is 3.09. The Hall–Kier alpha value is 0.519. The number of hydrogen-bond acceptors (Lipinski definition) is 0. The number of fused-ring (bicyclic) bond motifs is 1. The molecule has 2 fully saturated rings. The van der Waals surface area contributed by atoms with Gasteiger partial charge in [0.2, 0.25) is 0 Å². The Bertz CT molecular complexity index is 86.6. The van der Waals surface area contributed by atoms with E-state index in [2.05, 4.69) is 6.92 Å². The van der Waals surface area contributed by atoms with E-state index in [0.717, 1.165) is 5.41 Å². The molecule has 0 radical (unpaired) electrons. The zero-order valence-electron chi connectivity index (χ0n) is 6.55. The van der Waals surface area contributed by atoms with Gasteiger partial charge in [0, 0.05) is 17.1 Å². The molecule has 0 aromatic rings. The zero-order valence-corrected chi connectivity index (χ0v) is 7.66. The molecule has 1 heteroatoms. The molecule has 0 amide bonds. The first kappa shape index (κ1) is 9.52. The minimum atomic E-state index is 0. The fraction of sp³-hybridized carbons (Fsp3) is 1.00.